The molecule has 10 heteroatoms. The molecule has 0 unspecified atom stereocenters. The van der Waals surface area contributed by atoms with Crippen LogP contribution < -0.4 is 19.7 Å². The average molecular weight is 538 g/mol. The standard InChI is InChI=1S/C27H27N3O5S2/c1-34-17-12-13-19(21(14-17)35-2)28-22(31)15-29-20-11-7-6-10-18(20)23(25(29)32)24-26(33)30(27(36)37-24)16-8-4-3-5-9-16/h6-7,10-14,16H,3-5,8-9,15H2,1-2H3,(H,28,31). The molecule has 37 heavy (non-hydrogen) atoms. The van der Waals surface area contributed by atoms with Gasteiger partial charge in [0.1, 0.15) is 22.4 Å². The lowest BCUT2D eigenvalue weighted by Gasteiger charge is -2.29. The van der Waals surface area contributed by atoms with Gasteiger partial charge in [-0.2, -0.15) is 0 Å². The quantitative estimate of drug-likeness (QED) is 0.426. The van der Waals surface area contributed by atoms with Crippen molar-refractivity contribution in [2.24, 2.45) is 0 Å². The van der Waals surface area contributed by atoms with Gasteiger partial charge in [0, 0.05) is 17.7 Å². The third kappa shape index (κ3) is 4.71. The minimum absolute atomic E-state index is 0.0763. The third-order valence-electron chi connectivity index (χ3n) is 6.87. The van der Waals surface area contributed by atoms with Crippen LogP contribution >= 0.6 is 24.0 Å². The number of amides is 3. The van der Waals surface area contributed by atoms with Gasteiger partial charge >= 0.3 is 0 Å². The van der Waals surface area contributed by atoms with Crippen molar-refractivity contribution < 1.29 is 23.9 Å². The van der Waals surface area contributed by atoms with Gasteiger partial charge in [-0.15, -0.1) is 0 Å². The molecule has 1 saturated carbocycles. The van der Waals surface area contributed by atoms with Crippen molar-refractivity contribution in [2.45, 2.75) is 38.1 Å². The summed E-state index contributed by atoms with van der Waals surface area (Å²) in [4.78, 5) is 43.7. The Kier molecular flexibility index (Phi) is 7.21. The summed E-state index contributed by atoms with van der Waals surface area (Å²) in [7, 11) is 3.05. The summed E-state index contributed by atoms with van der Waals surface area (Å²) in [6.07, 6.45) is 5.13. The zero-order valence-corrected chi connectivity index (χ0v) is 22.2. The van der Waals surface area contributed by atoms with Crippen LogP contribution in [0.1, 0.15) is 37.7 Å². The molecule has 5 rings (SSSR count). The molecule has 2 aliphatic heterocycles. The average Bonchev–Trinajstić information content (AvgIpc) is 3.36. The van der Waals surface area contributed by atoms with Gasteiger partial charge in [-0.05, 0) is 31.0 Å². The summed E-state index contributed by atoms with van der Waals surface area (Å²) < 4.78 is 11.1. The lowest BCUT2D eigenvalue weighted by Crippen LogP contribution is -2.40. The van der Waals surface area contributed by atoms with Crippen LogP contribution in [0, 0.1) is 0 Å². The van der Waals surface area contributed by atoms with Gasteiger partial charge in [-0.3, -0.25) is 24.2 Å². The number of hydrogen-bond acceptors (Lipinski definition) is 7. The van der Waals surface area contributed by atoms with Gasteiger partial charge in [0.2, 0.25) is 5.91 Å². The summed E-state index contributed by atoms with van der Waals surface area (Å²) >= 11 is 6.77. The normalized spacial score (nSPS) is 19.9. The van der Waals surface area contributed by atoms with Gasteiger partial charge in [0.25, 0.3) is 11.8 Å². The minimum Gasteiger partial charge on any atom is -0.497 e. The van der Waals surface area contributed by atoms with Gasteiger partial charge in [0.05, 0.1) is 36.1 Å². The molecule has 3 amide bonds. The number of carbonyl (C=O) groups excluding carboxylic acids is 3. The summed E-state index contributed by atoms with van der Waals surface area (Å²) in [5.74, 6) is 0.0285. The van der Waals surface area contributed by atoms with Crippen molar-refractivity contribution in [2.75, 3.05) is 31.0 Å². The molecule has 8 nitrogen and oxygen atoms in total. The smallest absolute Gasteiger partial charge is 0.267 e. The molecule has 1 aliphatic carbocycles. The highest BCUT2D eigenvalue weighted by molar-refractivity contribution is 8.26. The molecule has 1 saturated heterocycles. The largest absolute Gasteiger partial charge is 0.497 e. The van der Waals surface area contributed by atoms with E-state index in [9.17, 15) is 14.4 Å². The number of ether oxygens (including phenoxy) is 2. The number of para-hydroxylation sites is 1. The van der Waals surface area contributed by atoms with Crippen molar-refractivity contribution in [3.8, 4) is 11.5 Å². The summed E-state index contributed by atoms with van der Waals surface area (Å²) in [5.41, 5.74) is 1.98. The minimum atomic E-state index is -0.400. The van der Waals surface area contributed by atoms with E-state index in [0.29, 0.717) is 43.2 Å². The summed E-state index contributed by atoms with van der Waals surface area (Å²) in [5, 5.41) is 2.81. The van der Waals surface area contributed by atoms with E-state index in [4.69, 9.17) is 21.7 Å². The molecule has 1 N–H and O–H groups in total. The van der Waals surface area contributed by atoms with E-state index in [1.807, 2.05) is 6.07 Å². The number of nitrogens with zero attached hydrogens (tertiary/aromatic N) is 2. The molecule has 0 bridgehead atoms. The molecule has 0 aromatic heterocycles. The molecule has 2 aromatic carbocycles. The second kappa shape index (κ2) is 10.5. The first-order valence-corrected chi connectivity index (χ1v) is 13.4. The molecule has 3 aliphatic rings. The fourth-order valence-corrected chi connectivity index (χ4v) is 6.55. The van der Waals surface area contributed by atoms with Crippen molar-refractivity contribution in [3.63, 3.8) is 0 Å². The van der Waals surface area contributed by atoms with Crippen molar-refractivity contribution in [1.82, 2.24) is 4.90 Å². The van der Waals surface area contributed by atoms with Crippen molar-refractivity contribution in [1.29, 1.82) is 0 Å². The zero-order chi connectivity index (χ0) is 26.1. The van der Waals surface area contributed by atoms with Crippen LogP contribution in [0.5, 0.6) is 11.5 Å². The van der Waals surface area contributed by atoms with E-state index in [0.717, 1.165) is 32.1 Å². The van der Waals surface area contributed by atoms with Gasteiger partial charge < -0.3 is 14.8 Å². The second-order valence-electron chi connectivity index (χ2n) is 9.06. The van der Waals surface area contributed by atoms with E-state index in [1.54, 1.807) is 48.4 Å². The highest BCUT2D eigenvalue weighted by atomic mass is 32.2. The number of methoxy groups -OCH3 is 2. The van der Waals surface area contributed by atoms with Crippen LogP contribution in [0.4, 0.5) is 11.4 Å². The first-order valence-electron chi connectivity index (χ1n) is 12.2. The molecule has 0 spiro atoms. The second-order valence-corrected chi connectivity index (χ2v) is 10.7. The van der Waals surface area contributed by atoms with E-state index in [1.165, 1.54) is 23.8 Å². The maximum absolute atomic E-state index is 13.7. The first kappa shape index (κ1) is 25.3. The number of thioether (sulfide) groups is 1. The fourth-order valence-electron chi connectivity index (χ4n) is 5.08. The predicted octanol–water partition coefficient (Wildman–Crippen LogP) is 4.59. The molecule has 0 radical (unpaired) electrons. The Bertz CT molecular complexity index is 1320. The molecule has 0 atom stereocenters. The van der Waals surface area contributed by atoms with Crippen LogP contribution in [-0.2, 0) is 14.4 Å². The Morgan fingerprint density at radius 3 is 2.54 bits per heavy atom. The number of carbonyl (C=O) groups is 3. The van der Waals surface area contributed by atoms with Crippen LogP contribution in [0.2, 0.25) is 0 Å². The molecule has 2 aromatic rings. The zero-order valence-electron chi connectivity index (χ0n) is 20.6. The van der Waals surface area contributed by atoms with E-state index < -0.39 is 5.91 Å². The molecule has 2 fully saturated rings. The highest BCUT2D eigenvalue weighted by Crippen LogP contribution is 2.46. The van der Waals surface area contributed by atoms with Crippen LogP contribution in [0.15, 0.2) is 47.4 Å². The van der Waals surface area contributed by atoms with E-state index >= 15 is 0 Å². The Morgan fingerprint density at radius 2 is 1.81 bits per heavy atom. The number of fused-ring (bicyclic) bond motifs is 1. The predicted molar refractivity (Wildman–Crippen MR) is 148 cm³/mol. The maximum atomic E-state index is 13.7. The van der Waals surface area contributed by atoms with Crippen molar-refractivity contribution in [3.05, 3.63) is 52.9 Å². The number of benzene rings is 2. The number of hydrogen-bond donors (Lipinski definition) is 1. The molecule has 192 valence electrons. The van der Waals surface area contributed by atoms with Gasteiger partial charge in [-0.25, -0.2) is 0 Å². The van der Waals surface area contributed by atoms with E-state index in [-0.39, 0.29) is 24.4 Å². The van der Waals surface area contributed by atoms with Crippen LogP contribution in [0.25, 0.3) is 5.57 Å². The number of thiocarbonyl (C=S) groups is 1. The highest BCUT2D eigenvalue weighted by Gasteiger charge is 2.44. The summed E-state index contributed by atoms with van der Waals surface area (Å²) in [6.45, 7) is -0.225. The van der Waals surface area contributed by atoms with Crippen LogP contribution in [-0.4, -0.2) is 53.7 Å². The SMILES string of the molecule is COc1ccc(NC(=O)CN2C(=O)C(=C3SC(=S)N(C4CCCCC4)C3=O)c3ccccc32)c(OC)c1. The fraction of sp³-hybridized carbons (Fsp3) is 0.333. The van der Waals surface area contributed by atoms with E-state index in [2.05, 4.69) is 5.32 Å². The van der Waals surface area contributed by atoms with Gasteiger partial charge in [-0.1, -0.05) is 61.4 Å². The topological polar surface area (TPSA) is 88.2 Å². The first-order chi connectivity index (χ1) is 17.9. The Labute approximate surface area is 225 Å². The number of rotatable bonds is 6. The lowest BCUT2D eigenvalue weighted by atomic mass is 9.94. The number of nitrogens with one attached hydrogen (secondary N) is 1. The molecular formula is C27H27N3O5S2. The Balaban J connectivity index is 1.42. The maximum Gasteiger partial charge on any atom is 0.267 e. The Morgan fingerprint density at radius 1 is 1.05 bits per heavy atom. The molecular weight excluding hydrogens is 510 g/mol. The molecule has 2 heterocycles. The summed E-state index contributed by atoms with van der Waals surface area (Å²) in [6, 6.07) is 12.3. The Hall–Kier alpha value is -3.37. The number of anilines is 2. The van der Waals surface area contributed by atoms with Gasteiger partial charge in [0.15, 0.2) is 0 Å². The van der Waals surface area contributed by atoms with Crippen LogP contribution in [0.3, 0.4) is 0 Å². The van der Waals surface area contributed by atoms with Crippen molar-refractivity contribution >= 4 is 63.0 Å². The third-order valence-corrected chi connectivity index (χ3v) is 8.27. The lowest BCUT2D eigenvalue weighted by molar-refractivity contribution is -0.124. The monoisotopic (exact) mass is 537 g/mol.